The van der Waals surface area contributed by atoms with Crippen LogP contribution in [0.4, 0.5) is 0 Å². The lowest BCUT2D eigenvalue weighted by Crippen LogP contribution is -2.52. The van der Waals surface area contributed by atoms with Crippen molar-refractivity contribution in [3.63, 3.8) is 0 Å². The number of pyridine rings is 1. The number of ether oxygens (including phenoxy) is 1. The average Bonchev–Trinajstić information content (AvgIpc) is 2.95. The van der Waals surface area contributed by atoms with Gasteiger partial charge in [0.25, 0.3) is 0 Å². The van der Waals surface area contributed by atoms with Crippen LogP contribution in [0.5, 0.6) is 5.75 Å². The van der Waals surface area contributed by atoms with E-state index in [-0.39, 0.29) is 18.1 Å². The molecule has 0 spiro atoms. The molecule has 2 aromatic heterocycles. The number of hydrogen-bond donors (Lipinski definition) is 0. The molecule has 0 saturated carbocycles. The third-order valence-corrected chi connectivity index (χ3v) is 5.14. The van der Waals surface area contributed by atoms with E-state index in [1.165, 1.54) is 4.68 Å². The molecule has 0 bridgehead atoms. The molecule has 0 unspecified atom stereocenters. The third kappa shape index (κ3) is 2.89. The standard InChI is InChI=1S/C18H23N5O3/c1-12-9-21(10-12)17(24)15-4-3-5-16-20-22(18(25)23(15)16)11-13-6-7-14(26-2)8-19-13/h6-8,12,15H,3-5,9-11H2,1-2H3/t15-/m0/s1. The largest absolute Gasteiger partial charge is 0.495 e. The molecule has 26 heavy (non-hydrogen) atoms. The lowest BCUT2D eigenvalue weighted by Gasteiger charge is -2.40. The fourth-order valence-electron chi connectivity index (χ4n) is 3.74. The summed E-state index contributed by atoms with van der Waals surface area (Å²) in [4.78, 5) is 31.8. The van der Waals surface area contributed by atoms with E-state index in [1.54, 1.807) is 23.9 Å². The van der Waals surface area contributed by atoms with Crippen molar-refractivity contribution in [1.29, 1.82) is 0 Å². The van der Waals surface area contributed by atoms with Gasteiger partial charge < -0.3 is 9.64 Å². The first kappa shape index (κ1) is 16.8. The number of rotatable bonds is 4. The zero-order chi connectivity index (χ0) is 18.3. The molecule has 0 N–H and O–H groups in total. The second kappa shape index (κ2) is 6.59. The van der Waals surface area contributed by atoms with E-state index in [1.807, 2.05) is 11.0 Å². The Morgan fingerprint density at radius 3 is 2.81 bits per heavy atom. The topological polar surface area (TPSA) is 82.2 Å². The van der Waals surface area contributed by atoms with Crippen molar-refractivity contribution < 1.29 is 9.53 Å². The molecule has 4 heterocycles. The van der Waals surface area contributed by atoms with E-state index in [0.717, 1.165) is 31.6 Å². The molecule has 8 heteroatoms. The van der Waals surface area contributed by atoms with E-state index in [4.69, 9.17) is 4.74 Å². The van der Waals surface area contributed by atoms with Gasteiger partial charge in [-0.2, -0.15) is 5.10 Å². The predicted molar refractivity (Wildman–Crippen MR) is 94.1 cm³/mol. The molecule has 1 fully saturated rings. The van der Waals surface area contributed by atoms with E-state index in [9.17, 15) is 9.59 Å². The van der Waals surface area contributed by atoms with Gasteiger partial charge in [-0.1, -0.05) is 6.92 Å². The SMILES string of the molecule is COc1ccc(Cn2nc3n(c2=O)[C@H](C(=O)N2CC(C)C2)CCC3)nc1. The van der Waals surface area contributed by atoms with E-state index in [0.29, 0.717) is 23.9 Å². The van der Waals surface area contributed by atoms with Gasteiger partial charge in [-0.25, -0.2) is 9.48 Å². The van der Waals surface area contributed by atoms with Gasteiger partial charge in [0.15, 0.2) is 0 Å². The fraction of sp³-hybridized carbons (Fsp3) is 0.556. The number of hydrogen-bond acceptors (Lipinski definition) is 5. The van der Waals surface area contributed by atoms with Crippen LogP contribution in [0.1, 0.15) is 37.3 Å². The van der Waals surface area contributed by atoms with Gasteiger partial charge in [0.05, 0.1) is 25.5 Å². The lowest BCUT2D eigenvalue weighted by atomic mass is 9.98. The van der Waals surface area contributed by atoms with Crippen molar-refractivity contribution in [3.8, 4) is 5.75 Å². The smallest absolute Gasteiger partial charge is 0.347 e. The van der Waals surface area contributed by atoms with Gasteiger partial charge in [0, 0.05) is 19.5 Å². The number of aryl methyl sites for hydroxylation is 1. The van der Waals surface area contributed by atoms with Crippen molar-refractivity contribution >= 4 is 5.91 Å². The molecular formula is C18H23N5O3. The summed E-state index contributed by atoms with van der Waals surface area (Å²) < 4.78 is 8.11. The maximum absolute atomic E-state index is 12.9. The van der Waals surface area contributed by atoms with Gasteiger partial charge >= 0.3 is 5.69 Å². The number of nitrogens with zero attached hydrogens (tertiary/aromatic N) is 5. The summed E-state index contributed by atoms with van der Waals surface area (Å²) >= 11 is 0. The normalized spacial score (nSPS) is 19.8. The highest BCUT2D eigenvalue weighted by Gasteiger charge is 2.37. The van der Waals surface area contributed by atoms with E-state index in [2.05, 4.69) is 17.0 Å². The molecule has 4 rings (SSSR count). The summed E-state index contributed by atoms with van der Waals surface area (Å²) in [7, 11) is 1.58. The molecule has 8 nitrogen and oxygen atoms in total. The molecule has 0 aromatic carbocycles. The Balaban J connectivity index is 1.59. The lowest BCUT2D eigenvalue weighted by molar-refractivity contribution is -0.141. The van der Waals surface area contributed by atoms with Crippen molar-refractivity contribution in [2.75, 3.05) is 20.2 Å². The molecule has 2 aromatic rings. The quantitative estimate of drug-likeness (QED) is 0.810. The summed E-state index contributed by atoms with van der Waals surface area (Å²) in [6.45, 7) is 3.97. The molecular weight excluding hydrogens is 334 g/mol. The molecule has 2 aliphatic heterocycles. The average molecular weight is 357 g/mol. The minimum absolute atomic E-state index is 0.0493. The number of aromatic nitrogens is 4. The Labute approximate surface area is 151 Å². The van der Waals surface area contributed by atoms with Crippen LogP contribution in [0, 0.1) is 5.92 Å². The van der Waals surface area contributed by atoms with Crippen LogP contribution in [-0.2, 0) is 17.8 Å². The van der Waals surface area contributed by atoms with Crippen LogP contribution in [0.25, 0.3) is 0 Å². The highest BCUT2D eigenvalue weighted by atomic mass is 16.5. The summed E-state index contributed by atoms with van der Waals surface area (Å²) in [5, 5.41) is 4.46. The Morgan fingerprint density at radius 2 is 2.15 bits per heavy atom. The number of likely N-dealkylation sites (tertiary alicyclic amines) is 1. The molecule has 1 saturated heterocycles. The Kier molecular flexibility index (Phi) is 4.26. The number of methoxy groups -OCH3 is 1. The van der Waals surface area contributed by atoms with E-state index >= 15 is 0 Å². The van der Waals surface area contributed by atoms with Crippen molar-refractivity contribution in [3.05, 3.63) is 40.3 Å². The first-order valence-corrected chi connectivity index (χ1v) is 9.02. The number of amides is 1. The van der Waals surface area contributed by atoms with Gasteiger partial charge in [-0.15, -0.1) is 0 Å². The van der Waals surface area contributed by atoms with Crippen LogP contribution in [0.3, 0.4) is 0 Å². The second-order valence-electron chi connectivity index (χ2n) is 7.17. The van der Waals surface area contributed by atoms with Crippen LogP contribution < -0.4 is 10.4 Å². The molecule has 1 atom stereocenters. The number of carbonyl (C=O) groups is 1. The fourth-order valence-corrected chi connectivity index (χ4v) is 3.74. The highest BCUT2D eigenvalue weighted by Crippen LogP contribution is 2.27. The monoisotopic (exact) mass is 357 g/mol. The van der Waals surface area contributed by atoms with Crippen LogP contribution in [0.15, 0.2) is 23.1 Å². The van der Waals surface area contributed by atoms with Crippen LogP contribution in [-0.4, -0.2) is 50.3 Å². The Bertz CT molecular complexity index is 864. The zero-order valence-electron chi connectivity index (χ0n) is 15.1. The molecule has 1 amide bonds. The molecule has 0 radical (unpaired) electrons. The Hall–Kier alpha value is -2.64. The van der Waals surface area contributed by atoms with Gasteiger partial charge in [-0.05, 0) is 30.9 Å². The maximum atomic E-state index is 12.9. The maximum Gasteiger partial charge on any atom is 0.347 e. The molecule has 138 valence electrons. The minimum Gasteiger partial charge on any atom is -0.495 e. The summed E-state index contributed by atoms with van der Waals surface area (Å²) in [6.07, 6.45) is 3.91. The zero-order valence-corrected chi connectivity index (χ0v) is 15.1. The molecule has 0 aliphatic carbocycles. The number of fused-ring (bicyclic) bond motifs is 1. The summed E-state index contributed by atoms with van der Waals surface area (Å²) in [5.74, 6) is 1.96. The van der Waals surface area contributed by atoms with Gasteiger partial charge in [-0.3, -0.25) is 14.3 Å². The first-order valence-electron chi connectivity index (χ1n) is 9.02. The number of carbonyl (C=O) groups excluding carboxylic acids is 1. The first-order chi connectivity index (χ1) is 12.6. The van der Waals surface area contributed by atoms with E-state index < -0.39 is 6.04 Å². The predicted octanol–water partition coefficient (Wildman–Crippen LogP) is 0.852. The van der Waals surface area contributed by atoms with Crippen molar-refractivity contribution in [2.45, 2.75) is 38.8 Å². The van der Waals surface area contributed by atoms with Crippen LogP contribution in [0.2, 0.25) is 0 Å². The van der Waals surface area contributed by atoms with Crippen molar-refractivity contribution in [2.24, 2.45) is 5.92 Å². The third-order valence-electron chi connectivity index (χ3n) is 5.14. The van der Waals surface area contributed by atoms with Gasteiger partial charge in [0.1, 0.15) is 17.6 Å². The summed E-state index contributed by atoms with van der Waals surface area (Å²) in [6, 6.07) is 3.20. The van der Waals surface area contributed by atoms with Gasteiger partial charge in [0.2, 0.25) is 5.91 Å². The van der Waals surface area contributed by atoms with Crippen molar-refractivity contribution in [1.82, 2.24) is 24.2 Å². The molecule has 2 aliphatic rings. The second-order valence-corrected chi connectivity index (χ2v) is 7.17. The highest BCUT2D eigenvalue weighted by molar-refractivity contribution is 5.81. The Morgan fingerprint density at radius 1 is 1.35 bits per heavy atom. The van der Waals surface area contributed by atoms with Crippen LogP contribution >= 0.6 is 0 Å². The minimum atomic E-state index is -0.420. The summed E-state index contributed by atoms with van der Waals surface area (Å²) in [5.41, 5.74) is 0.493.